The average molecular weight is 333 g/mol. The third-order valence-electron chi connectivity index (χ3n) is 4.18. The molecule has 128 valence electrons. The molecule has 1 aromatic heterocycles. The van der Waals surface area contributed by atoms with Gasteiger partial charge in [-0.1, -0.05) is 42.5 Å². The van der Waals surface area contributed by atoms with E-state index >= 15 is 0 Å². The van der Waals surface area contributed by atoms with E-state index in [1.165, 1.54) is 0 Å². The SMILES string of the molecule is CC(C)N(Cc1ccccc1)C(=O)c1ccc(Cn2cccn2)cc1. The fourth-order valence-electron chi connectivity index (χ4n) is 2.77. The number of carbonyl (C=O) groups is 1. The van der Waals surface area contributed by atoms with Gasteiger partial charge in [0.15, 0.2) is 0 Å². The number of hydrogen-bond acceptors (Lipinski definition) is 2. The summed E-state index contributed by atoms with van der Waals surface area (Å²) in [5.41, 5.74) is 2.98. The number of amides is 1. The number of carbonyl (C=O) groups excluding carboxylic acids is 1. The minimum absolute atomic E-state index is 0.0597. The Morgan fingerprint density at radius 2 is 1.72 bits per heavy atom. The highest BCUT2D eigenvalue weighted by atomic mass is 16.2. The van der Waals surface area contributed by atoms with Gasteiger partial charge in [-0.2, -0.15) is 5.10 Å². The molecule has 1 amide bonds. The molecule has 3 rings (SSSR count). The van der Waals surface area contributed by atoms with Crippen molar-refractivity contribution >= 4 is 5.91 Å². The lowest BCUT2D eigenvalue weighted by molar-refractivity contribution is 0.0690. The van der Waals surface area contributed by atoms with Crippen LogP contribution in [0.2, 0.25) is 0 Å². The van der Waals surface area contributed by atoms with Crippen LogP contribution in [0.25, 0.3) is 0 Å². The zero-order chi connectivity index (χ0) is 17.6. The number of rotatable bonds is 6. The molecule has 2 aromatic carbocycles. The maximum atomic E-state index is 12.9. The van der Waals surface area contributed by atoms with Crippen LogP contribution in [-0.2, 0) is 13.1 Å². The average Bonchev–Trinajstić information content (AvgIpc) is 3.13. The topological polar surface area (TPSA) is 38.1 Å². The van der Waals surface area contributed by atoms with E-state index in [1.54, 1.807) is 6.20 Å². The number of aromatic nitrogens is 2. The Morgan fingerprint density at radius 1 is 1.00 bits per heavy atom. The summed E-state index contributed by atoms with van der Waals surface area (Å²) < 4.78 is 1.87. The van der Waals surface area contributed by atoms with Crippen LogP contribution in [0.3, 0.4) is 0 Å². The standard InChI is InChI=1S/C21H23N3O/c1-17(2)24(16-18-7-4-3-5-8-18)21(25)20-11-9-19(10-12-20)15-23-14-6-13-22-23/h3-14,17H,15-16H2,1-2H3. The Bertz CT molecular complexity index is 793. The van der Waals surface area contributed by atoms with Crippen molar-refractivity contribution in [2.45, 2.75) is 33.0 Å². The van der Waals surface area contributed by atoms with Gasteiger partial charge in [0.25, 0.3) is 5.91 Å². The van der Waals surface area contributed by atoms with Crippen LogP contribution in [0.1, 0.15) is 35.3 Å². The smallest absolute Gasteiger partial charge is 0.254 e. The van der Waals surface area contributed by atoms with Gasteiger partial charge in [-0.3, -0.25) is 9.48 Å². The fourth-order valence-corrected chi connectivity index (χ4v) is 2.77. The van der Waals surface area contributed by atoms with Crippen LogP contribution in [0.5, 0.6) is 0 Å². The molecule has 0 bridgehead atoms. The number of nitrogens with zero attached hydrogens (tertiary/aromatic N) is 3. The Labute approximate surface area is 148 Å². The maximum Gasteiger partial charge on any atom is 0.254 e. The van der Waals surface area contributed by atoms with Crippen LogP contribution in [-0.4, -0.2) is 26.6 Å². The van der Waals surface area contributed by atoms with Crippen molar-refractivity contribution in [2.75, 3.05) is 0 Å². The lowest BCUT2D eigenvalue weighted by Crippen LogP contribution is -2.36. The van der Waals surface area contributed by atoms with E-state index in [-0.39, 0.29) is 11.9 Å². The minimum atomic E-state index is 0.0597. The first kappa shape index (κ1) is 17.0. The quantitative estimate of drug-likeness (QED) is 0.684. The molecule has 0 N–H and O–H groups in total. The first-order valence-corrected chi connectivity index (χ1v) is 8.55. The van der Waals surface area contributed by atoms with Gasteiger partial charge >= 0.3 is 0 Å². The van der Waals surface area contributed by atoms with Crippen molar-refractivity contribution in [1.29, 1.82) is 0 Å². The molecular formula is C21H23N3O. The van der Waals surface area contributed by atoms with Gasteiger partial charge in [-0.15, -0.1) is 0 Å². The molecule has 0 aliphatic heterocycles. The molecule has 0 aliphatic carbocycles. The van der Waals surface area contributed by atoms with Crippen molar-refractivity contribution in [2.24, 2.45) is 0 Å². The third kappa shape index (κ3) is 4.35. The van der Waals surface area contributed by atoms with Gasteiger partial charge in [0.1, 0.15) is 0 Å². The van der Waals surface area contributed by atoms with E-state index in [2.05, 4.69) is 17.2 Å². The van der Waals surface area contributed by atoms with Gasteiger partial charge < -0.3 is 4.90 Å². The van der Waals surface area contributed by atoms with Crippen molar-refractivity contribution in [1.82, 2.24) is 14.7 Å². The highest BCUT2D eigenvalue weighted by Crippen LogP contribution is 2.14. The highest BCUT2D eigenvalue weighted by Gasteiger charge is 2.19. The fraction of sp³-hybridized carbons (Fsp3) is 0.238. The van der Waals surface area contributed by atoms with Crippen LogP contribution in [0, 0.1) is 0 Å². The van der Waals surface area contributed by atoms with E-state index in [9.17, 15) is 4.79 Å². The number of hydrogen-bond donors (Lipinski definition) is 0. The van der Waals surface area contributed by atoms with E-state index in [0.29, 0.717) is 18.7 Å². The van der Waals surface area contributed by atoms with Crippen LogP contribution >= 0.6 is 0 Å². The predicted octanol–water partition coefficient (Wildman–Crippen LogP) is 3.98. The second kappa shape index (κ2) is 7.79. The lowest BCUT2D eigenvalue weighted by atomic mass is 10.1. The predicted molar refractivity (Wildman–Crippen MR) is 99.2 cm³/mol. The van der Waals surface area contributed by atoms with Gasteiger partial charge in [-0.05, 0) is 43.2 Å². The summed E-state index contributed by atoms with van der Waals surface area (Å²) in [6.07, 6.45) is 3.70. The summed E-state index contributed by atoms with van der Waals surface area (Å²) in [6, 6.07) is 19.9. The summed E-state index contributed by atoms with van der Waals surface area (Å²) in [5.74, 6) is 0.0597. The van der Waals surface area contributed by atoms with Gasteiger partial charge in [0.2, 0.25) is 0 Å². The molecule has 25 heavy (non-hydrogen) atoms. The van der Waals surface area contributed by atoms with Crippen LogP contribution in [0.4, 0.5) is 0 Å². The molecule has 0 radical (unpaired) electrons. The molecule has 3 aromatic rings. The Hall–Kier alpha value is -2.88. The number of benzene rings is 2. The summed E-state index contributed by atoms with van der Waals surface area (Å²) >= 11 is 0. The second-order valence-corrected chi connectivity index (χ2v) is 6.41. The highest BCUT2D eigenvalue weighted by molar-refractivity contribution is 5.94. The monoisotopic (exact) mass is 333 g/mol. The van der Waals surface area contributed by atoms with Crippen molar-refractivity contribution < 1.29 is 4.79 Å². The Morgan fingerprint density at radius 3 is 2.32 bits per heavy atom. The zero-order valence-electron chi connectivity index (χ0n) is 14.7. The summed E-state index contributed by atoms with van der Waals surface area (Å²) in [7, 11) is 0. The molecule has 0 fully saturated rings. The molecule has 0 atom stereocenters. The van der Waals surface area contributed by atoms with Crippen molar-refractivity contribution in [3.8, 4) is 0 Å². The largest absolute Gasteiger partial charge is 0.332 e. The molecule has 0 aliphatic rings. The van der Waals surface area contributed by atoms with E-state index in [4.69, 9.17) is 0 Å². The molecule has 0 saturated heterocycles. The summed E-state index contributed by atoms with van der Waals surface area (Å²) in [5, 5.41) is 4.21. The van der Waals surface area contributed by atoms with Gasteiger partial charge in [0, 0.05) is 30.5 Å². The molecule has 0 saturated carbocycles. The van der Waals surface area contributed by atoms with Crippen LogP contribution in [0.15, 0.2) is 73.1 Å². The molecular weight excluding hydrogens is 310 g/mol. The summed E-state index contributed by atoms with van der Waals surface area (Å²) in [6.45, 7) is 5.42. The summed E-state index contributed by atoms with van der Waals surface area (Å²) in [4.78, 5) is 14.8. The molecule has 4 nitrogen and oxygen atoms in total. The normalized spacial score (nSPS) is 10.8. The van der Waals surface area contributed by atoms with Gasteiger partial charge in [0.05, 0.1) is 6.54 Å². The third-order valence-corrected chi connectivity index (χ3v) is 4.18. The van der Waals surface area contributed by atoms with Crippen molar-refractivity contribution in [3.63, 3.8) is 0 Å². The first-order chi connectivity index (χ1) is 12.1. The first-order valence-electron chi connectivity index (χ1n) is 8.55. The Kier molecular flexibility index (Phi) is 5.29. The lowest BCUT2D eigenvalue weighted by Gasteiger charge is -2.27. The van der Waals surface area contributed by atoms with Crippen molar-refractivity contribution in [3.05, 3.63) is 89.7 Å². The molecule has 1 heterocycles. The molecule has 4 heteroatoms. The minimum Gasteiger partial charge on any atom is -0.332 e. The van der Waals surface area contributed by atoms with E-state index in [0.717, 1.165) is 11.1 Å². The molecule has 0 spiro atoms. The van der Waals surface area contributed by atoms with E-state index < -0.39 is 0 Å². The van der Waals surface area contributed by atoms with E-state index in [1.807, 2.05) is 78.2 Å². The molecule has 0 unspecified atom stereocenters. The zero-order valence-corrected chi connectivity index (χ0v) is 14.7. The second-order valence-electron chi connectivity index (χ2n) is 6.41. The van der Waals surface area contributed by atoms with Crippen LogP contribution < -0.4 is 0 Å². The van der Waals surface area contributed by atoms with Gasteiger partial charge in [-0.25, -0.2) is 0 Å². The maximum absolute atomic E-state index is 12.9. The Balaban J connectivity index is 1.73.